The smallest absolute Gasteiger partial charge is 0.234 e. The first kappa shape index (κ1) is 14.4. The molecule has 0 aliphatic rings. The zero-order valence-electron chi connectivity index (χ0n) is 11.2. The van der Waals surface area contributed by atoms with Crippen molar-refractivity contribution in [2.45, 2.75) is 26.8 Å². The van der Waals surface area contributed by atoms with Gasteiger partial charge in [0, 0.05) is 18.8 Å². The predicted molar refractivity (Wildman–Crippen MR) is 70.3 cm³/mol. The monoisotopic (exact) mass is 251 g/mol. The van der Waals surface area contributed by atoms with Crippen LogP contribution in [0.4, 0.5) is 0 Å². The highest BCUT2D eigenvalue weighted by molar-refractivity contribution is 5.77. The molecule has 5 nitrogen and oxygen atoms in total. The Bertz CT molecular complexity index is 407. The first-order chi connectivity index (χ1) is 8.52. The number of aromatic hydroxyl groups is 1. The van der Waals surface area contributed by atoms with E-state index in [4.69, 9.17) is 0 Å². The van der Waals surface area contributed by atoms with Gasteiger partial charge < -0.3 is 10.4 Å². The molecule has 5 heteroatoms. The van der Waals surface area contributed by atoms with E-state index < -0.39 is 0 Å². The quantitative estimate of drug-likeness (QED) is 0.793. The number of aryl methyl sites for hydroxylation is 1. The number of hydrogen-bond donors (Lipinski definition) is 2. The van der Waals surface area contributed by atoms with Crippen LogP contribution >= 0.6 is 0 Å². The standard InChI is InChI=1S/C13H21N3O2/c1-4-7-14-13(18)9-16(3)8-11-12(17)6-5-10(2)15-11/h5-6,17H,4,7-9H2,1-3H3,(H,14,18). The van der Waals surface area contributed by atoms with Crippen molar-refractivity contribution >= 4 is 5.91 Å². The Morgan fingerprint density at radius 1 is 1.50 bits per heavy atom. The van der Waals surface area contributed by atoms with Crippen LogP contribution in [0.1, 0.15) is 24.7 Å². The summed E-state index contributed by atoms with van der Waals surface area (Å²) < 4.78 is 0. The fraction of sp³-hybridized carbons (Fsp3) is 0.538. The number of amides is 1. The van der Waals surface area contributed by atoms with Crippen molar-refractivity contribution in [2.75, 3.05) is 20.1 Å². The Balaban J connectivity index is 2.51. The van der Waals surface area contributed by atoms with Crippen LogP contribution in [0.25, 0.3) is 0 Å². The molecule has 0 aromatic carbocycles. The number of hydrogen-bond acceptors (Lipinski definition) is 4. The highest BCUT2D eigenvalue weighted by atomic mass is 16.3. The van der Waals surface area contributed by atoms with Crippen LogP contribution in [0.2, 0.25) is 0 Å². The van der Waals surface area contributed by atoms with E-state index in [9.17, 15) is 9.90 Å². The van der Waals surface area contributed by atoms with Gasteiger partial charge in [-0.25, -0.2) is 0 Å². The molecule has 0 radical (unpaired) electrons. The minimum absolute atomic E-state index is 0.00788. The molecule has 1 aromatic rings. The third-order valence-electron chi connectivity index (χ3n) is 2.49. The average Bonchev–Trinajstić information content (AvgIpc) is 2.31. The van der Waals surface area contributed by atoms with Gasteiger partial charge in [-0.3, -0.25) is 14.7 Å². The number of likely N-dealkylation sites (N-methyl/N-ethyl adjacent to an activating group) is 1. The second-order valence-electron chi connectivity index (χ2n) is 4.44. The molecule has 0 spiro atoms. The number of nitrogens with zero attached hydrogens (tertiary/aromatic N) is 2. The van der Waals surface area contributed by atoms with E-state index in [-0.39, 0.29) is 11.7 Å². The molecule has 2 N–H and O–H groups in total. The Labute approximate surface area is 108 Å². The van der Waals surface area contributed by atoms with Gasteiger partial charge in [0.15, 0.2) is 0 Å². The summed E-state index contributed by atoms with van der Waals surface area (Å²) in [5, 5.41) is 12.5. The highest BCUT2D eigenvalue weighted by Crippen LogP contribution is 2.15. The van der Waals surface area contributed by atoms with Crippen LogP contribution in [-0.2, 0) is 11.3 Å². The third-order valence-corrected chi connectivity index (χ3v) is 2.49. The van der Waals surface area contributed by atoms with Gasteiger partial charge in [-0.2, -0.15) is 0 Å². The summed E-state index contributed by atoms with van der Waals surface area (Å²) in [6.07, 6.45) is 0.926. The molecular weight excluding hydrogens is 230 g/mol. The second-order valence-corrected chi connectivity index (χ2v) is 4.44. The van der Waals surface area contributed by atoms with Gasteiger partial charge >= 0.3 is 0 Å². The molecule has 0 fully saturated rings. The van der Waals surface area contributed by atoms with E-state index in [1.807, 2.05) is 25.8 Å². The Morgan fingerprint density at radius 3 is 2.89 bits per heavy atom. The fourth-order valence-electron chi connectivity index (χ4n) is 1.60. The Kier molecular flexibility index (Phi) is 5.58. The molecule has 100 valence electrons. The Morgan fingerprint density at radius 2 is 2.22 bits per heavy atom. The average molecular weight is 251 g/mol. The van der Waals surface area contributed by atoms with Crippen molar-refractivity contribution in [3.63, 3.8) is 0 Å². The topological polar surface area (TPSA) is 65.5 Å². The SMILES string of the molecule is CCCNC(=O)CN(C)Cc1nc(C)ccc1O. The van der Waals surface area contributed by atoms with Gasteiger partial charge in [0.1, 0.15) is 5.75 Å². The molecule has 18 heavy (non-hydrogen) atoms. The number of rotatable bonds is 6. The molecule has 0 bridgehead atoms. The van der Waals surface area contributed by atoms with E-state index >= 15 is 0 Å². The first-order valence-corrected chi connectivity index (χ1v) is 6.13. The van der Waals surface area contributed by atoms with Crippen molar-refractivity contribution in [3.8, 4) is 5.75 Å². The fourth-order valence-corrected chi connectivity index (χ4v) is 1.60. The number of aromatic nitrogens is 1. The van der Waals surface area contributed by atoms with Crippen LogP contribution < -0.4 is 5.32 Å². The summed E-state index contributed by atoms with van der Waals surface area (Å²) in [7, 11) is 1.83. The van der Waals surface area contributed by atoms with Gasteiger partial charge in [0.2, 0.25) is 5.91 Å². The molecule has 0 unspecified atom stereocenters. The lowest BCUT2D eigenvalue weighted by atomic mass is 10.2. The number of pyridine rings is 1. The minimum Gasteiger partial charge on any atom is -0.506 e. The maximum Gasteiger partial charge on any atom is 0.234 e. The van der Waals surface area contributed by atoms with Crippen molar-refractivity contribution < 1.29 is 9.90 Å². The molecular formula is C13H21N3O2. The van der Waals surface area contributed by atoms with E-state index in [2.05, 4.69) is 10.3 Å². The zero-order chi connectivity index (χ0) is 13.5. The van der Waals surface area contributed by atoms with Gasteiger partial charge in [0.05, 0.1) is 12.2 Å². The lowest BCUT2D eigenvalue weighted by Crippen LogP contribution is -2.35. The van der Waals surface area contributed by atoms with Crippen LogP contribution in [0.15, 0.2) is 12.1 Å². The van der Waals surface area contributed by atoms with E-state index in [0.717, 1.165) is 12.1 Å². The van der Waals surface area contributed by atoms with Gasteiger partial charge in [-0.1, -0.05) is 6.92 Å². The maximum atomic E-state index is 11.5. The number of nitrogens with one attached hydrogen (secondary N) is 1. The van der Waals surface area contributed by atoms with Crippen LogP contribution in [0.3, 0.4) is 0 Å². The van der Waals surface area contributed by atoms with E-state index in [1.165, 1.54) is 0 Å². The molecule has 0 saturated carbocycles. The molecule has 1 rings (SSSR count). The van der Waals surface area contributed by atoms with Crippen LogP contribution in [0, 0.1) is 6.92 Å². The largest absolute Gasteiger partial charge is 0.506 e. The predicted octanol–water partition coefficient (Wildman–Crippen LogP) is 1.05. The summed E-state index contributed by atoms with van der Waals surface area (Å²) >= 11 is 0. The second kappa shape index (κ2) is 6.96. The molecule has 1 heterocycles. The van der Waals surface area contributed by atoms with Crippen molar-refractivity contribution in [2.24, 2.45) is 0 Å². The summed E-state index contributed by atoms with van der Waals surface area (Å²) in [6.45, 7) is 5.33. The van der Waals surface area contributed by atoms with Crippen LogP contribution in [0.5, 0.6) is 5.75 Å². The molecule has 0 saturated heterocycles. The van der Waals surface area contributed by atoms with Gasteiger partial charge in [-0.15, -0.1) is 0 Å². The molecule has 0 atom stereocenters. The zero-order valence-corrected chi connectivity index (χ0v) is 11.2. The summed E-state index contributed by atoms with van der Waals surface area (Å²) in [5.41, 5.74) is 1.45. The summed E-state index contributed by atoms with van der Waals surface area (Å²) in [4.78, 5) is 17.6. The number of carbonyl (C=O) groups excluding carboxylic acids is 1. The maximum absolute atomic E-state index is 11.5. The first-order valence-electron chi connectivity index (χ1n) is 6.13. The minimum atomic E-state index is -0.00788. The summed E-state index contributed by atoms with van der Waals surface area (Å²) in [5.74, 6) is 0.160. The van der Waals surface area contributed by atoms with Gasteiger partial charge in [0.25, 0.3) is 0 Å². The molecule has 0 aliphatic carbocycles. The van der Waals surface area contributed by atoms with Crippen molar-refractivity contribution in [3.05, 3.63) is 23.5 Å². The van der Waals surface area contributed by atoms with Crippen LogP contribution in [-0.4, -0.2) is 41.0 Å². The van der Waals surface area contributed by atoms with E-state index in [1.54, 1.807) is 12.1 Å². The van der Waals surface area contributed by atoms with Crippen molar-refractivity contribution in [1.29, 1.82) is 0 Å². The lowest BCUT2D eigenvalue weighted by Gasteiger charge is -2.16. The third kappa shape index (κ3) is 4.71. The molecule has 1 amide bonds. The van der Waals surface area contributed by atoms with Crippen molar-refractivity contribution in [1.82, 2.24) is 15.2 Å². The Hall–Kier alpha value is -1.62. The molecule has 0 aliphatic heterocycles. The normalized spacial score (nSPS) is 10.7. The van der Waals surface area contributed by atoms with E-state index in [0.29, 0.717) is 25.3 Å². The highest BCUT2D eigenvalue weighted by Gasteiger charge is 2.10. The van der Waals surface area contributed by atoms with Gasteiger partial charge in [-0.05, 0) is 32.5 Å². The number of carbonyl (C=O) groups is 1. The lowest BCUT2D eigenvalue weighted by molar-refractivity contribution is -0.122. The summed E-state index contributed by atoms with van der Waals surface area (Å²) in [6, 6.07) is 3.38. The molecule has 1 aromatic heterocycles.